The van der Waals surface area contributed by atoms with E-state index in [9.17, 15) is 14.4 Å². The largest absolute Gasteiger partial charge is 0.465 e. The molecule has 0 atom stereocenters. The zero-order valence-corrected chi connectivity index (χ0v) is 21.7. The first kappa shape index (κ1) is 25.2. The van der Waals surface area contributed by atoms with Gasteiger partial charge in [-0.3, -0.25) is 9.59 Å². The summed E-state index contributed by atoms with van der Waals surface area (Å²) in [6.07, 6.45) is 1.25. The van der Waals surface area contributed by atoms with Crippen LogP contribution in [0.4, 0.5) is 17.1 Å². The summed E-state index contributed by atoms with van der Waals surface area (Å²) >= 11 is 0. The second-order valence-corrected chi connectivity index (χ2v) is 9.64. The lowest BCUT2D eigenvalue weighted by molar-refractivity contribution is -0.118. The smallest absolute Gasteiger partial charge is 0.337 e. The Labute approximate surface area is 221 Å². The molecular weight excluding hydrogens is 480 g/mol. The highest BCUT2D eigenvalue weighted by molar-refractivity contribution is 6.37. The third-order valence-electron chi connectivity index (χ3n) is 6.82. The van der Waals surface area contributed by atoms with E-state index in [-0.39, 0.29) is 11.8 Å². The maximum absolute atomic E-state index is 13.2. The predicted molar refractivity (Wildman–Crippen MR) is 149 cm³/mol. The van der Waals surface area contributed by atoms with Crippen LogP contribution in [0.2, 0.25) is 0 Å². The Morgan fingerprint density at radius 1 is 1.03 bits per heavy atom. The molecule has 2 aliphatic heterocycles. The number of hydrogen-bond donors (Lipinski definition) is 2. The van der Waals surface area contributed by atoms with E-state index in [1.165, 1.54) is 7.11 Å². The van der Waals surface area contributed by atoms with Crippen LogP contribution < -0.4 is 15.5 Å². The zero-order valence-electron chi connectivity index (χ0n) is 21.7. The van der Waals surface area contributed by atoms with Crippen molar-refractivity contribution in [2.75, 3.05) is 49.8 Å². The zero-order chi connectivity index (χ0) is 26.8. The Morgan fingerprint density at radius 2 is 1.82 bits per heavy atom. The maximum Gasteiger partial charge on any atom is 0.337 e. The molecule has 38 heavy (non-hydrogen) atoms. The third kappa shape index (κ3) is 4.90. The van der Waals surface area contributed by atoms with Crippen molar-refractivity contribution >= 4 is 46.1 Å². The number of esters is 1. The minimum atomic E-state index is -0.465. The van der Waals surface area contributed by atoms with E-state index in [0.717, 1.165) is 28.9 Å². The highest BCUT2D eigenvalue weighted by Gasteiger charge is 2.30. The van der Waals surface area contributed by atoms with Gasteiger partial charge in [0.25, 0.3) is 5.91 Å². The average molecular weight is 511 g/mol. The summed E-state index contributed by atoms with van der Waals surface area (Å²) < 4.78 is 4.83. The van der Waals surface area contributed by atoms with Gasteiger partial charge in [-0.25, -0.2) is 4.79 Å². The van der Waals surface area contributed by atoms with Gasteiger partial charge >= 0.3 is 5.97 Å². The molecule has 0 radical (unpaired) electrons. The first-order valence-corrected chi connectivity index (χ1v) is 12.5. The molecule has 0 aromatic heterocycles. The number of methoxy groups -OCH3 is 1. The van der Waals surface area contributed by atoms with Crippen molar-refractivity contribution in [1.82, 2.24) is 4.90 Å². The monoisotopic (exact) mass is 510 g/mol. The lowest BCUT2D eigenvalue weighted by Crippen LogP contribution is -2.31. The fourth-order valence-corrected chi connectivity index (χ4v) is 4.89. The van der Waals surface area contributed by atoms with E-state index in [2.05, 4.69) is 10.6 Å². The number of rotatable bonds is 7. The highest BCUT2D eigenvalue weighted by atomic mass is 16.5. The molecule has 0 aliphatic carbocycles. The molecule has 2 N–H and O–H groups in total. The van der Waals surface area contributed by atoms with Crippen LogP contribution in [0.15, 0.2) is 66.7 Å². The van der Waals surface area contributed by atoms with Crippen LogP contribution in [0.25, 0.3) is 11.3 Å². The van der Waals surface area contributed by atoms with Crippen molar-refractivity contribution in [3.63, 3.8) is 0 Å². The topological polar surface area (TPSA) is 91.0 Å². The Kier molecular flexibility index (Phi) is 6.98. The first-order valence-electron chi connectivity index (χ1n) is 12.5. The number of carbonyl (C=O) groups excluding carboxylic acids is 3. The Morgan fingerprint density at radius 3 is 2.55 bits per heavy atom. The van der Waals surface area contributed by atoms with Gasteiger partial charge in [0, 0.05) is 36.4 Å². The summed E-state index contributed by atoms with van der Waals surface area (Å²) in [6.45, 7) is 1.37. The number of ether oxygens (including phenoxy) is 1. The van der Waals surface area contributed by atoms with E-state index in [1.807, 2.05) is 72.4 Å². The molecule has 0 saturated carbocycles. The predicted octanol–water partition coefficient (Wildman–Crippen LogP) is 4.25. The SMILES string of the molecule is COC(=O)c1ccc2c(c1)NC(=O)/C2=C(\Nc1ccc2c(c1)CCN2C(=O)CCN(C)C)c1ccccc1. The molecule has 0 fully saturated rings. The molecule has 2 heterocycles. The fraction of sp³-hybridized carbons (Fsp3) is 0.233. The number of nitrogens with one attached hydrogen (secondary N) is 2. The number of amides is 2. The second kappa shape index (κ2) is 10.5. The third-order valence-corrected chi connectivity index (χ3v) is 6.82. The van der Waals surface area contributed by atoms with Crippen LogP contribution in [-0.2, 0) is 20.7 Å². The molecule has 8 nitrogen and oxygen atoms in total. The molecule has 194 valence electrons. The van der Waals surface area contributed by atoms with E-state index in [0.29, 0.717) is 47.6 Å². The van der Waals surface area contributed by atoms with Gasteiger partial charge in [0.2, 0.25) is 5.91 Å². The first-order chi connectivity index (χ1) is 18.4. The van der Waals surface area contributed by atoms with Crippen LogP contribution >= 0.6 is 0 Å². The number of nitrogens with zero attached hydrogens (tertiary/aromatic N) is 2. The van der Waals surface area contributed by atoms with Crippen molar-refractivity contribution in [3.8, 4) is 0 Å². The number of anilines is 3. The van der Waals surface area contributed by atoms with Gasteiger partial charge in [-0.05, 0) is 62.0 Å². The molecule has 2 amide bonds. The summed E-state index contributed by atoms with van der Waals surface area (Å²) in [5.74, 6) is -0.601. The van der Waals surface area contributed by atoms with Crippen molar-refractivity contribution in [2.24, 2.45) is 0 Å². The van der Waals surface area contributed by atoms with Crippen LogP contribution in [-0.4, -0.2) is 57.0 Å². The lowest BCUT2D eigenvalue weighted by Gasteiger charge is -2.19. The lowest BCUT2D eigenvalue weighted by atomic mass is 9.99. The van der Waals surface area contributed by atoms with Crippen molar-refractivity contribution in [3.05, 3.63) is 89.0 Å². The molecule has 0 unspecified atom stereocenters. The number of hydrogen-bond acceptors (Lipinski definition) is 6. The van der Waals surface area contributed by atoms with Crippen LogP contribution in [0.1, 0.15) is 33.5 Å². The standard InChI is InChI=1S/C30H30N4O4/c1-33(2)15-14-26(35)34-16-13-20-17-22(10-12-25(20)34)31-28(19-7-5-4-6-8-19)27-23-11-9-21(30(37)38-3)18-24(23)32-29(27)36/h4-12,17-18,31H,13-16H2,1-3H3,(H,32,36)/b28-27-. The molecule has 0 bridgehead atoms. The minimum Gasteiger partial charge on any atom is -0.465 e. The van der Waals surface area contributed by atoms with Gasteiger partial charge in [0.1, 0.15) is 0 Å². The molecule has 3 aromatic rings. The quantitative estimate of drug-likeness (QED) is 0.365. The number of benzene rings is 3. The number of fused-ring (bicyclic) bond motifs is 2. The molecule has 3 aromatic carbocycles. The van der Waals surface area contributed by atoms with Crippen molar-refractivity contribution in [1.29, 1.82) is 0 Å². The Bertz CT molecular complexity index is 1450. The molecule has 8 heteroatoms. The van der Waals surface area contributed by atoms with Gasteiger partial charge in [0.05, 0.1) is 29.6 Å². The van der Waals surface area contributed by atoms with E-state index in [1.54, 1.807) is 18.2 Å². The van der Waals surface area contributed by atoms with Gasteiger partial charge in [0.15, 0.2) is 0 Å². The molecule has 0 spiro atoms. The van der Waals surface area contributed by atoms with Crippen LogP contribution in [0, 0.1) is 0 Å². The van der Waals surface area contributed by atoms with Crippen molar-refractivity contribution < 1.29 is 19.1 Å². The molecule has 5 rings (SSSR count). The maximum atomic E-state index is 13.2. The summed E-state index contributed by atoms with van der Waals surface area (Å²) in [4.78, 5) is 41.9. The fourth-order valence-electron chi connectivity index (χ4n) is 4.89. The summed E-state index contributed by atoms with van der Waals surface area (Å²) in [5, 5.41) is 6.38. The Balaban J connectivity index is 1.50. The summed E-state index contributed by atoms with van der Waals surface area (Å²) in [7, 11) is 5.25. The van der Waals surface area contributed by atoms with Gasteiger partial charge in [-0.1, -0.05) is 36.4 Å². The summed E-state index contributed by atoms with van der Waals surface area (Å²) in [6, 6.07) is 20.7. The van der Waals surface area contributed by atoms with Gasteiger partial charge in [-0.2, -0.15) is 0 Å². The van der Waals surface area contributed by atoms with E-state index >= 15 is 0 Å². The van der Waals surface area contributed by atoms with Crippen LogP contribution in [0.5, 0.6) is 0 Å². The van der Waals surface area contributed by atoms with Crippen LogP contribution in [0.3, 0.4) is 0 Å². The average Bonchev–Trinajstić information content (AvgIpc) is 3.49. The molecule has 2 aliphatic rings. The second-order valence-electron chi connectivity index (χ2n) is 9.64. The highest BCUT2D eigenvalue weighted by Crippen LogP contribution is 2.39. The van der Waals surface area contributed by atoms with Gasteiger partial charge in [-0.15, -0.1) is 0 Å². The van der Waals surface area contributed by atoms with Gasteiger partial charge < -0.3 is 25.2 Å². The minimum absolute atomic E-state index is 0.121. The van der Waals surface area contributed by atoms with E-state index < -0.39 is 5.97 Å². The Hall–Kier alpha value is -4.43. The molecule has 0 saturated heterocycles. The summed E-state index contributed by atoms with van der Waals surface area (Å²) in [5.41, 5.74) is 6.47. The van der Waals surface area contributed by atoms with Crippen molar-refractivity contribution in [2.45, 2.75) is 12.8 Å². The van der Waals surface area contributed by atoms with E-state index in [4.69, 9.17) is 4.74 Å². The molecular formula is C30H30N4O4. The number of carbonyl (C=O) groups is 3. The normalized spacial score (nSPS) is 15.2.